The van der Waals surface area contributed by atoms with Gasteiger partial charge in [0, 0.05) is 51.5 Å². The maximum absolute atomic E-state index is 12.7. The van der Waals surface area contributed by atoms with Crippen molar-refractivity contribution in [3.63, 3.8) is 0 Å². The monoisotopic (exact) mass is 756 g/mol. The van der Waals surface area contributed by atoms with Gasteiger partial charge in [-0.05, 0) is 103 Å². The van der Waals surface area contributed by atoms with Crippen molar-refractivity contribution >= 4 is 98.0 Å². The number of nitrogens with one attached hydrogen (secondary N) is 2. The number of aromatic nitrogens is 2. The van der Waals surface area contributed by atoms with Crippen LogP contribution in [0.4, 0.5) is 16.2 Å². The van der Waals surface area contributed by atoms with Crippen molar-refractivity contribution in [2.24, 2.45) is 4.99 Å². The number of nitrogens with zero attached hydrogens (tertiary/aromatic N) is 3. The Morgan fingerprint density at radius 1 is 0.898 bits per heavy atom. The second kappa shape index (κ2) is 17.3. The SMILES string of the molecule is CNC(=O)N(CCc1ccc(Cl)cc1Cl)C(=O)c1ccc(N=C=S)cc1.Nc1ccc2c(=O)n(CCc3ccc(Cl)cc3Cl)c(=O)[nH]c2c1. The van der Waals surface area contributed by atoms with E-state index in [1.165, 1.54) is 7.05 Å². The number of imide groups is 1. The van der Waals surface area contributed by atoms with Gasteiger partial charge in [-0.1, -0.05) is 58.5 Å². The van der Waals surface area contributed by atoms with Crippen LogP contribution in [0.15, 0.2) is 93.4 Å². The molecule has 3 amide bonds. The number of aromatic amines is 1. The summed E-state index contributed by atoms with van der Waals surface area (Å²) in [6, 6.07) is 21.0. The number of amides is 3. The molecule has 5 aromatic rings. The highest BCUT2D eigenvalue weighted by molar-refractivity contribution is 7.78. The molecule has 0 saturated carbocycles. The van der Waals surface area contributed by atoms with Crippen molar-refractivity contribution in [3.8, 4) is 0 Å². The van der Waals surface area contributed by atoms with Gasteiger partial charge in [0.05, 0.1) is 21.8 Å². The van der Waals surface area contributed by atoms with E-state index in [2.05, 4.69) is 32.7 Å². The van der Waals surface area contributed by atoms with E-state index in [9.17, 15) is 19.2 Å². The van der Waals surface area contributed by atoms with Crippen LogP contribution in [0, 0.1) is 0 Å². The number of halogens is 4. The molecule has 0 aliphatic rings. The zero-order chi connectivity index (χ0) is 35.7. The summed E-state index contributed by atoms with van der Waals surface area (Å²) in [7, 11) is 1.47. The Labute approximate surface area is 306 Å². The molecule has 0 saturated heterocycles. The number of nitrogens with two attached hydrogens (primary N) is 1. The number of isothiocyanates is 1. The number of carbonyl (C=O) groups is 2. The average molecular weight is 759 g/mol. The standard InChI is InChI=1S/C18H15Cl2N3O2S.C16H13Cl2N3O2/c1-21-18(25)23(9-8-12-2-5-14(19)10-16(12)20)17(24)13-3-6-15(7-4-13)22-11-26;17-10-2-1-9(13(18)7-10)5-6-21-15(22)12-4-3-11(19)8-14(12)20-16(21)23/h2-7,10H,8-9H2,1H3,(H,21,25);1-4,7-8H,5-6,19H2,(H,20,23). The molecule has 15 heteroatoms. The fourth-order valence-corrected chi connectivity index (χ4v) is 5.82. The Morgan fingerprint density at radius 2 is 1.51 bits per heavy atom. The molecule has 0 bridgehead atoms. The number of aliphatic imine (C=N–C) groups is 1. The third-order valence-corrected chi connectivity index (χ3v) is 8.50. The van der Waals surface area contributed by atoms with Crippen molar-refractivity contribution in [3.05, 3.63) is 136 Å². The lowest BCUT2D eigenvalue weighted by molar-refractivity contribution is 0.0803. The van der Waals surface area contributed by atoms with Gasteiger partial charge in [-0.3, -0.25) is 19.1 Å². The first kappa shape index (κ1) is 37.3. The lowest BCUT2D eigenvalue weighted by Crippen LogP contribution is -2.43. The lowest BCUT2D eigenvalue weighted by atomic mass is 10.1. The molecule has 0 fully saturated rings. The molecule has 4 aromatic carbocycles. The summed E-state index contributed by atoms with van der Waals surface area (Å²) in [5, 5.41) is 7.22. The van der Waals surface area contributed by atoms with E-state index < -0.39 is 17.6 Å². The van der Waals surface area contributed by atoms with Crippen LogP contribution in [0.25, 0.3) is 10.9 Å². The van der Waals surface area contributed by atoms with Gasteiger partial charge in [0.2, 0.25) is 0 Å². The normalized spacial score (nSPS) is 10.5. The topological polar surface area (TPSA) is 143 Å². The van der Waals surface area contributed by atoms with Gasteiger partial charge in [-0.25, -0.2) is 9.59 Å². The number of rotatable bonds is 8. The van der Waals surface area contributed by atoms with E-state index in [4.69, 9.17) is 52.1 Å². The summed E-state index contributed by atoms with van der Waals surface area (Å²) in [6.45, 7) is 0.384. The van der Waals surface area contributed by atoms with E-state index in [-0.39, 0.29) is 18.6 Å². The molecule has 4 N–H and O–H groups in total. The van der Waals surface area contributed by atoms with Crippen LogP contribution in [0.2, 0.25) is 20.1 Å². The van der Waals surface area contributed by atoms with Gasteiger partial charge < -0.3 is 16.0 Å². The summed E-state index contributed by atoms with van der Waals surface area (Å²) in [5.41, 5.74) is 8.31. The number of anilines is 1. The Kier molecular flexibility index (Phi) is 13.2. The molecule has 0 unspecified atom stereocenters. The van der Waals surface area contributed by atoms with Crippen LogP contribution in [0.5, 0.6) is 0 Å². The van der Waals surface area contributed by atoms with Gasteiger partial charge in [0.15, 0.2) is 0 Å². The second-order valence-electron chi connectivity index (χ2n) is 10.4. The highest BCUT2D eigenvalue weighted by Crippen LogP contribution is 2.23. The van der Waals surface area contributed by atoms with Crippen molar-refractivity contribution in [2.45, 2.75) is 19.4 Å². The Hall–Kier alpha value is -4.48. The summed E-state index contributed by atoms with van der Waals surface area (Å²) in [6.07, 6.45) is 0.849. The van der Waals surface area contributed by atoms with Crippen LogP contribution < -0.4 is 22.3 Å². The quantitative estimate of drug-likeness (QED) is 0.0847. The predicted molar refractivity (Wildman–Crippen MR) is 200 cm³/mol. The van der Waals surface area contributed by atoms with Crippen molar-refractivity contribution in [1.29, 1.82) is 0 Å². The molecule has 0 radical (unpaired) electrons. The number of carbonyl (C=O) groups excluding carboxylic acids is 2. The average Bonchev–Trinajstić information content (AvgIpc) is 3.06. The smallest absolute Gasteiger partial charge is 0.328 e. The number of nitrogen functional groups attached to an aromatic ring is 1. The number of fused-ring (bicyclic) bond motifs is 1. The summed E-state index contributed by atoms with van der Waals surface area (Å²) >= 11 is 28.6. The van der Waals surface area contributed by atoms with Crippen molar-refractivity contribution in [2.75, 3.05) is 19.3 Å². The summed E-state index contributed by atoms with van der Waals surface area (Å²) < 4.78 is 1.16. The molecule has 49 heavy (non-hydrogen) atoms. The maximum Gasteiger partial charge on any atom is 0.328 e. The van der Waals surface area contributed by atoms with Crippen LogP contribution in [0.3, 0.4) is 0 Å². The van der Waals surface area contributed by atoms with E-state index >= 15 is 0 Å². The third kappa shape index (κ3) is 9.79. The first-order chi connectivity index (χ1) is 23.4. The largest absolute Gasteiger partial charge is 0.399 e. The fourth-order valence-electron chi connectivity index (χ4n) is 4.71. The van der Waals surface area contributed by atoms with Gasteiger partial charge in [-0.2, -0.15) is 4.99 Å². The number of benzene rings is 4. The minimum Gasteiger partial charge on any atom is -0.399 e. The maximum atomic E-state index is 12.7. The van der Waals surface area contributed by atoms with Crippen molar-refractivity contribution < 1.29 is 9.59 Å². The fraction of sp³-hybridized carbons (Fsp3) is 0.147. The van der Waals surface area contributed by atoms with Gasteiger partial charge in [0.1, 0.15) is 0 Å². The molecule has 1 heterocycles. The molecule has 10 nitrogen and oxygen atoms in total. The highest BCUT2D eigenvalue weighted by Gasteiger charge is 2.22. The molecule has 252 valence electrons. The number of H-pyrrole nitrogens is 1. The number of hydrogen-bond donors (Lipinski definition) is 3. The van der Waals surface area contributed by atoms with E-state index in [1.807, 2.05) is 0 Å². The van der Waals surface area contributed by atoms with Crippen LogP contribution >= 0.6 is 58.6 Å². The molecule has 0 aliphatic carbocycles. The van der Waals surface area contributed by atoms with E-state index in [1.54, 1.807) is 78.9 Å². The lowest BCUT2D eigenvalue weighted by Gasteiger charge is -2.21. The number of thiocarbonyl (C=S) groups is 1. The van der Waals surface area contributed by atoms with Crippen LogP contribution in [0.1, 0.15) is 21.5 Å². The zero-order valence-corrected chi connectivity index (χ0v) is 29.6. The first-order valence-corrected chi connectivity index (χ1v) is 16.5. The van der Waals surface area contributed by atoms with Gasteiger partial charge >= 0.3 is 11.7 Å². The molecule has 1 aromatic heterocycles. The van der Waals surface area contributed by atoms with E-state index in [0.29, 0.717) is 60.8 Å². The first-order valence-electron chi connectivity index (χ1n) is 14.5. The van der Waals surface area contributed by atoms with Crippen LogP contribution in [-0.4, -0.2) is 45.1 Å². The minimum absolute atomic E-state index is 0.166. The summed E-state index contributed by atoms with van der Waals surface area (Å²) in [5.74, 6) is -0.424. The van der Waals surface area contributed by atoms with E-state index in [0.717, 1.165) is 20.6 Å². The third-order valence-electron chi connectivity index (χ3n) is 7.24. The van der Waals surface area contributed by atoms with Crippen molar-refractivity contribution in [1.82, 2.24) is 19.8 Å². The Balaban J connectivity index is 0.000000222. The molecule has 0 atom stereocenters. The van der Waals surface area contributed by atoms with Crippen LogP contribution in [-0.2, 0) is 19.4 Å². The molecule has 0 spiro atoms. The second-order valence-corrected chi connectivity index (χ2v) is 12.3. The minimum atomic E-state index is -0.499. The number of hydrogen-bond acceptors (Lipinski definition) is 7. The molecular formula is C34H28Cl4N6O4S. The van der Waals surface area contributed by atoms with Gasteiger partial charge in [0.25, 0.3) is 11.5 Å². The molecular weight excluding hydrogens is 730 g/mol. The zero-order valence-electron chi connectivity index (χ0n) is 25.8. The van der Waals surface area contributed by atoms with Gasteiger partial charge in [-0.15, -0.1) is 0 Å². The molecule has 0 aliphatic heterocycles. The Bertz CT molecular complexity index is 2180. The highest BCUT2D eigenvalue weighted by atomic mass is 35.5. The predicted octanol–water partition coefficient (Wildman–Crippen LogP) is 7.57. The Morgan fingerprint density at radius 3 is 2.08 bits per heavy atom. The summed E-state index contributed by atoms with van der Waals surface area (Å²) in [4.78, 5) is 57.1. The number of aryl methyl sites for hydroxylation is 1. The number of urea groups is 1. The molecule has 5 rings (SSSR count).